The molecular weight excluding hydrogens is 191 g/mol. The van der Waals surface area contributed by atoms with Crippen molar-refractivity contribution >= 4 is 5.69 Å². The fourth-order valence-corrected chi connectivity index (χ4v) is 2.44. The molecule has 0 atom stereocenters. The standard InChI is InChI=1S/C12H17FN2/c1-2-15(10-5-3-4-6-10)11-7-8-14-12(13)9-11/h7-10H,2-6H2,1H3. The van der Waals surface area contributed by atoms with Gasteiger partial charge in [-0.05, 0) is 25.8 Å². The van der Waals surface area contributed by atoms with Gasteiger partial charge in [-0.25, -0.2) is 4.98 Å². The molecule has 0 N–H and O–H groups in total. The molecule has 0 unspecified atom stereocenters. The van der Waals surface area contributed by atoms with Crippen LogP contribution in [0.25, 0.3) is 0 Å². The Morgan fingerprint density at radius 1 is 1.47 bits per heavy atom. The van der Waals surface area contributed by atoms with Gasteiger partial charge in [0.25, 0.3) is 0 Å². The summed E-state index contributed by atoms with van der Waals surface area (Å²) in [5.74, 6) is -0.385. The Kier molecular flexibility index (Phi) is 3.19. The number of hydrogen-bond donors (Lipinski definition) is 0. The van der Waals surface area contributed by atoms with Crippen LogP contribution < -0.4 is 4.90 Å². The third-order valence-electron chi connectivity index (χ3n) is 3.15. The van der Waals surface area contributed by atoms with E-state index in [1.54, 1.807) is 6.20 Å². The third-order valence-corrected chi connectivity index (χ3v) is 3.15. The molecule has 1 fully saturated rings. The Bertz CT molecular complexity index is 321. The lowest BCUT2D eigenvalue weighted by Gasteiger charge is -2.29. The molecule has 2 nitrogen and oxygen atoms in total. The molecule has 0 saturated heterocycles. The van der Waals surface area contributed by atoms with Gasteiger partial charge in [0.1, 0.15) is 0 Å². The Hall–Kier alpha value is -1.12. The Morgan fingerprint density at radius 3 is 2.80 bits per heavy atom. The molecule has 3 heteroatoms. The first-order chi connectivity index (χ1) is 7.31. The second kappa shape index (κ2) is 4.60. The van der Waals surface area contributed by atoms with Crippen LogP contribution >= 0.6 is 0 Å². The molecule has 82 valence electrons. The summed E-state index contributed by atoms with van der Waals surface area (Å²) in [5.41, 5.74) is 0.969. The molecule has 0 amide bonds. The molecule has 0 bridgehead atoms. The normalized spacial score (nSPS) is 16.9. The van der Waals surface area contributed by atoms with Crippen molar-refractivity contribution in [2.45, 2.75) is 38.6 Å². The van der Waals surface area contributed by atoms with Crippen molar-refractivity contribution < 1.29 is 4.39 Å². The number of anilines is 1. The van der Waals surface area contributed by atoms with E-state index in [1.165, 1.54) is 31.7 Å². The summed E-state index contributed by atoms with van der Waals surface area (Å²) in [4.78, 5) is 5.88. The quantitative estimate of drug-likeness (QED) is 0.710. The largest absolute Gasteiger partial charge is 0.369 e. The van der Waals surface area contributed by atoms with Gasteiger partial charge in [0.2, 0.25) is 5.95 Å². The first-order valence-electron chi connectivity index (χ1n) is 5.69. The van der Waals surface area contributed by atoms with Gasteiger partial charge >= 0.3 is 0 Å². The van der Waals surface area contributed by atoms with Crippen LogP contribution in [-0.2, 0) is 0 Å². The zero-order chi connectivity index (χ0) is 10.7. The van der Waals surface area contributed by atoms with Crippen molar-refractivity contribution in [2.24, 2.45) is 0 Å². The minimum Gasteiger partial charge on any atom is -0.369 e. The highest BCUT2D eigenvalue weighted by Gasteiger charge is 2.21. The second-order valence-corrected chi connectivity index (χ2v) is 4.06. The summed E-state index contributed by atoms with van der Waals surface area (Å²) in [5, 5.41) is 0. The van der Waals surface area contributed by atoms with E-state index in [-0.39, 0.29) is 5.95 Å². The average molecular weight is 208 g/mol. The van der Waals surface area contributed by atoms with Crippen LogP contribution in [0.3, 0.4) is 0 Å². The van der Waals surface area contributed by atoms with Crippen LogP contribution in [0.15, 0.2) is 18.3 Å². The minimum absolute atomic E-state index is 0.385. The maximum atomic E-state index is 13.0. The molecule has 2 rings (SSSR count). The molecule has 1 aliphatic carbocycles. The zero-order valence-electron chi connectivity index (χ0n) is 9.12. The fraction of sp³-hybridized carbons (Fsp3) is 0.583. The Balaban J connectivity index is 2.18. The van der Waals surface area contributed by atoms with Crippen molar-refractivity contribution in [1.29, 1.82) is 0 Å². The maximum Gasteiger partial charge on any atom is 0.214 e. The molecule has 1 heterocycles. The van der Waals surface area contributed by atoms with Crippen LogP contribution in [0.2, 0.25) is 0 Å². The van der Waals surface area contributed by atoms with Crippen LogP contribution in [0.5, 0.6) is 0 Å². The number of pyridine rings is 1. The minimum atomic E-state index is -0.385. The summed E-state index contributed by atoms with van der Waals surface area (Å²) in [6.45, 7) is 3.06. The van der Waals surface area contributed by atoms with Gasteiger partial charge in [-0.15, -0.1) is 0 Å². The highest BCUT2D eigenvalue weighted by molar-refractivity contribution is 5.46. The maximum absolute atomic E-state index is 13.0. The number of aromatic nitrogens is 1. The van der Waals surface area contributed by atoms with Crippen molar-refractivity contribution in [3.8, 4) is 0 Å². The van der Waals surface area contributed by atoms with Crippen molar-refractivity contribution in [1.82, 2.24) is 4.98 Å². The first kappa shape index (κ1) is 10.4. The number of nitrogens with zero attached hydrogens (tertiary/aromatic N) is 2. The topological polar surface area (TPSA) is 16.1 Å². The highest BCUT2D eigenvalue weighted by Crippen LogP contribution is 2.27. The lowest BCUT2D eigenvalue weighted by molar-refractivity contribution is 0.576. The van der Waals surface area contributed by atoms with E-state index in [0.29, 0.717) is 6.04 Å². The van der Waals surface area contributed by atoms with Crippen molar-refractivity contribution in [3.05, 3.63) is 24.3 Å². The molecular formula is C12H17FN2. The van der Waals surface area contributed by atoms with Crippen LogP contribution in [0.4, 0.5) is 10.1 Å². The molecule has 15 heavy (non-hydrogen) atoms. The molecule has 0 radical (unpaired) electrons. The number of rotatable bonds is 3. The van der Waals surface area contributed by atoms with E-state index in [1.807, 2.05) is 6.07 Å². The monoisotopic (exact) mass is 208 g/mol. The smallest absolute Gasteiger partial charge is 0.214 e. The van der Waals surface area contributed by atoms with E-state index < -0.39 is 0 Å². The summed E-state index contributed by atoms with van der Waals surface area (Å²) in [7, 11) is 0. The van der Waals surface area contributed by atoms with Crippen molar-refractivity contribution in [3.63, 3.8) is 0 Å². The lowest BCUT2D eigenvalue weighted by atomic mass is 10.2. The van der Waals surface area contributed by atoms with E-state index in [9.17, 15) is 4.39 Å². The SMILES string of the molecule is CCN(c1ccnc(F)c1)C1CCCC1. The molecule has 1 saturated carbocycles. The van der Waals surface area contributed by atoms with Crippen LogP contribution in [0.1, 0.15) is 32.6 Å². The predicted octanol–water partition coefficient (Wildman–Crippen LogP) is 2.99. The zero-order valence-corrected chi connectivity index (χ0v) is 9.12. The van der Waals surface area contributed by atoms with Gasteiger partial charge < -0.3 is 4.90 Å². The van der Waals surface area contributed by atoms with Gasteiger partial charge in [0.15, 0.2) is 0 Å². The van der Waals surface area contributed by atoms with Crippen molar-refractivity contribution in [2.75, 3.05) is 11.4 Å². The first-order valence-corrected chi connectivity index (χ1v) is 5.69. The van der Waals surface area contributed by atoms with Gasteiger partial charge in [0.05, 0.1) is 0 Å². The summed E-state index contributed by atoms with van der Waals surface area (Å²) in [6.07, 6.45) is 6.61. The number of halogens is 1. The molecule has 0 aliphatic heterocycles. The van der Waals surface area contributed by atoms with Gasteiger partial charge in [-0.2, -0.15) is 4.39 Å². The molecule has 0 aromatic carbocycles. The predicted molar refractivity (Wildman–Crippen MR) is 59.5 cm³/mol. The summed E-state index contributed by atoms with van der Waals surface area (Å²) >= 11 is 0. The van der Waals surface area contributed by atoms with E-state index in [2.05, 4.69) is 16.8 Å². The summed E-state index contributed by atoms with van der Waals surface area (Å²) in [6, 6.07) is 4.02. The van der Waals surface area contributed by atoms with E-state index >= 15 is 0 Å². The second-order valence-electron chi connectivity index (χ2n) is 4.06. The van der Waals surface area contributed by atoms with Crippen LogP contribution in [-0.4, -0.2) is 17.6 Å². The highest BCUT2D eigenvalue weighted by atomic mass is 19.1. The number of hydrogen-bond acceptors (Lipinski definition) is 2. The van der Waals surface area contributed by atoms with Gasteiger partial charge in [-0.3, -0.25) is 0 Å². The van der Waals surface area contributed by atoms with E-state index in [4.69, 9.17) is 0 Å². The third kappa shape index (κ3) is 2.28. The summed E-state index contributed by atoms with van der Waals surface area (Å²) < 4.78 is 13.0. The average Bonchev–Trinajstić information content (AvgIpc) is 2.72. The van der Waals surface area contributed by atoms with Gasteiger partial charge in [0, 0.05) is 30.5 Å². The molecule has 1 aliphatic rings. The molecule has 1 aromatic rings. The Labute approximate surface area is 90.1 Å². The molecule has 1 aromatic heterocycles. The van der Waals surface area contributed by atoms with Crippen LogP contribution in [0, 0.1) is 5.95 Å². The van der Waals surface area contributed by atoms with Gasteiger partial charge in [-0.1, -0.05) is 12.8 Å². The van der Waals surface area contributed by atoms with E-state index in [0.717, 1.165) is 12.2 Å². The fourth-order valence-electron chi connectivity index (χ4n) is 2.44. The Morgan fingerprint density at radius 2 is 2.20 bits per heavy atom. The lowest BCUT2D eigenvalue weighted by Crippen LogP contribution is -2.32. The molecule has 0 spiro atoms.